The van der Waals surface area contributed by atoms with Crippen molar-refractivity contribution in [3.05, 3.63) is 11.8 Å². The van der Waals surface area contributed by atoms with Crippen LogP contribution in [0, 0.1) is 0 Å². The quantitative estimate of drug-likeness (QED) is 0.738. The number of nitrogens with one attached hydrogen (secondary N) is 3. The largest absolute Gasteiger partial charge is 0.444 e. The van der Waals surface area contributed by atoms with Crippen molar-refractivity contribution in [1.82, 2.24) is 15.8 Å². The average Bonchev–Trinajstić information content (AvgIpc) is 2.80. The van der Waals surface area contributed by atoms with Crippen LogP contribution in [0.1, 0.15) is 47.3 Å². The number of amides is 3. The summed E-state index contributed by atoms with van der Waals surface area (Å²) in [6, 6.07) is 1.25. The van der Waals surface area contributed by atoms with Gasteiger partial charge in [-0.1, -0.05) is 25.9 Å². The van der Waals surface area contributed by atoms with E-state index < -0.39 is 17.7 Å². The van der Waals surface area contributed by atoms with Crippen LogP contribution in [0.2, 0.25) is 0 Å². The van der Waals surface area contributed by atoms with Gasteiger partial charge in [-0.2, -0.15) is 0 Å². The van der Waals surface area contributed by atoms with Crippen LogP contribution in [-0.2, 0) is 10.2 Å². The van der Waals surface area contributed by atoms with Crippen LogP contribution in [0.3, 0.4) is 0 Å². The molecule has 0 saturated heterocycles. The minimum absolute atomic E-state index is 0.180. The second kappa shape index (κ2) is 7.34. The Morgan fingerprint density at radius 2 is 1.74 bits per heavy atom. The van der Waals surface area contributed by atoms with Gasteiger partial charge in [0.2, 0.25) is 0 Å². The number of anilines is 1. The van der Waals surface area contributed by atoms with Crippen molar-refractivity contribution in [1.29, 1.82) is 0 Å². The number of rotatable bonds is 4. The Morgan fingerprint density at radius 3 is 2.26 bits per heavy atom. The molecule has 0 saturated carbocycles. The molecule has 0 radical (unpaired) electrons. The van der Waals surface area contributed by atoms with E-state index >= 15 is 0 Å². The molecule has 1 aromatic rings. The van der Waals surface area contributed by atoms with E-state index in [1.165, 1.54) is 0 Å². The lowest BCUT2D eigenvalue weighted by Gasteiger charge is -2.19. The van der Waals surface area contributed by atoms with E-state index in [1.807, 2.05) is 20.8 Å². The van der Waals surface area contributed by atoms with Gasteiger partial charge in [0, 0.05) is 24.6 Å². The summed E-state index contributed by atoms with van der Waals surface area (Å²) in [6.07, 6.45) is -0.522. The fourth-order valence-corrected chi connectivity index (χ4v) is 1.50. The molecule has 0 fully saturated rings. The van der Waals surface area contributed by atoms with Crippen LogP contribution >= 0.6 is 0 Å². The molecule has 0 aliphatic rings. The van der Waals surface area contributed by atoms with E-state index in [1.54, 1.807) is 26.8 Å². The van der Waals surface area contributed by atoms with Crippen LogP contribution in [0.5, 0.6) is 0 Å². The topological polar surface area (TPSA) is 105 Å². The molecule has 0 spiro atoms. The number of carbonyl (C=O) groups excluding carboxylic acids is 2. The second-order valence-electron chi connectivity index (χ2n) is 7.14. The summed E-state index contributed by atoms with van der Waals surface area (Å²) in [5.74, 6) is 1.02. The van der Waals surface area contributed by atoms with Crippen molar-refractivity contribution in [2.45, 2.75) is 52.6 Å². The number of alkyl carbamates (subject to hydrolysis) is 1. The fraction of sp³-hybridized carbons (Fsp3) is 0.667. The number of hydrogen-bond acceptors (Lipinski definition) is 5. The summed E-state index contributed by atoms with van der Waals surface area (Å²) in [4.78, 5) is 23.1. The van der Waals surface area contributed by atoms with Gasteiger partial charge in [-0.25, -0.2) is 9.59 Å². The van der Waals surface area contributed by atoms with Crippen molar-refractivity contribution in [2.75, 3.05) is 18.4 Å². The molecule has 8 heteroatoms. The van der Waals surface area contributed by atoms with Crippen molar-refractivity contribution in [2.24, 2.45) is 0 Å². The summed E-state index contributed by atoms with van der Waals surface area (Å²) in [5.41, 5.74) is -0.729. The number of hydrogen-bond donors (Lipinski definition) is 3. The molecule has 0 atom stereocenters. The first-order valence-corrected chi connectivity index (χ1v) is 7.46. The Balaban J connectivity index is 2.27. The van der Waals surface area contributed by atoms with Crippen molar-refractivity contribution in [3.63, 3.8) is 0 Å². The highest BCUT2D eigenvalue weighted by Crippen LogP contribution is 2.24. The van der Waals surface area contributed by atoms with Crippen molar-refractivity contribution in [3.8, 4) is 0 Å². The van der Waals surface area contributed by atoms with Gasteiger partial charge < -0.3 is 19.9 Å². The van der Waals surface area contributed by atoms with Gasteiger partial charge in [-0.15, -0.1) is 0 Å². The van der Waals surface area contributed by atoms with Gasteiger partial charge in [0.15, 0.2) is 5.82 Å². The highest BCUT2D eigenvalue weighted by atomic mass is 16.6. The molecule has 1 heterocycles. The number of aromatic nitrogens is 1. The number of carbonyl (C=O) groups is 2. The Morgan fingerprint density at radius 1 is 1.13 bits per heavy atom. The van der Waals surface area contributed by atoms with E-state index in [2.05, 4.69) is 21.1 Å². The molecule has 0 aliphatic heterocycles. The normalized spacial score (nSPS) is 11.7. The van der Waals surface area contributed by atoms with Gasteiger partial charge in [0.05, 0.1) is 0 Å². The lowest BCUT2D eigenvalue weighted by molar-refractivity contribution is 0.0528. The first-order chi connectivity index (χ1) is 10.5. The first kappa shape index (κ1) is 18.8. The van der Waals surface area contributed by atoms with E-state index in [0.717, 1.165) is 0 Å². The lowest BCUT2D eigenvalue weighted by Crippen LogP contribution is -2.39. The molecule has 0 aliphatic carbocycles. The summed E-state index contributed by atoms with van der Waals surface area (Å²) < 4.78 is 10.2. The first-order valence-electron chi connectivity index (χ1n) is 7.46. The van der Waals surface area contributed by atoms with Crippen LogP contribution in [-0.4, -0.2) is 36.0 Å². The second-order valence-corrected chi connectivity index (χ2v) is 7.14. The van der Waals surface area contributed by atoms with Gasteiger partial charge in [-0.05, 0) is 20.8 Å². The van der Waals surface area contributed by atoms with E-state index in [-0.39, 0.29) is 18.5 Å². The highest BCUT2D eigenvalue weighted by molar-refractivity contribution is 5.88. The van der Waals surface area contributed by atoms with Crippen LogP contribution in [0.15, 0.2) is 10.6 Å². The minimum atomic E-state index is -0.549. The maximum Gasteiger partial charge on any atom is 0.407 e. The van der Waals surface area contributed by atoms with Crippen LogP contribution in [0.4, 0.5) is 15.4 Å². The standard InChI is InChI=1S/C15H26N4O4/c1-14(2,3)10-9-11(19-23-10)18-12(20)16-7-8-17-13(21)22-15(4,5)6/h9H,7-8H2,1-6H3,(H,17,21)(H2,16,18,19,20). The fourth-order valence-electron chi connectivity index (χ4n) is 1.50. The molecule has 0 unspecified atom stereocenters. The van der Waals surface area contributed by atoms with E-state index in [9.17, 15) is 9.59 Å². The zero-order valence-corrected chi connectivity index (χ0v) is 14.6. The van der Waals surface area contributed by atoms with Crippen molar-refractivity contribution < 1.29 is 18.8 Å². The monoisotopic (exact) mass is 326 g/mol. The maximum atomic E-state index is 11.7. The van der Waals surface area contributed by atoms with E-state index in [4.69, 9.17) is 9.26 Å². The molecule has 130 valence electrons. The molecular weight excluding hydrogens is 300 g/mol. The van der Waals surface area contributed by atoms with Gasteiger partial charge in [-0.3, -0.25) is 5.32 Å². The summed E-state index contributed by atoms with van der Waals surface area (Å²) >= 11 is 0. The molecule has 3 amide bonds. The van der Waals surface area contributed by atoms with Gasteiger partial charge >= 0.3 is 12.1 Å². The molecule has 1 rings (SSSR count). The Bertz CT molecular complexity index is 540. The Hall–Kier alpha value is -2.25. The third-order valence-corrected chi connectivity index (χ3v) is 2.57. The Kier molecular flexibility index (Phi) is 6.00. The smallest absolute Gasteiger partial charge is 0.407 e. The zero-order chi connectivity index (χ0) is 17.7. The minimum Gasteiger partial charge on any atom is -0.444 e. The summed E-state index contributed by atoms with van der Waals surface area (Å²) in [7, 11) is 0. The molecule has 1 aromatic heterocycles. The predicted octanol–water partition coefficient (Wildman–Crippen LogP) is 2.62. The molecule has 0 aromatic carbocycles. The third-order valence-electron chi connectivity index (χ3n) is 2.57. The molecule has 8 nitrogen and oxygen atoms in total. The van der Waals surface area contributed by atoms with Crippen LogP contribution < -0.4 is 16.0 Å². The van der Waals surface area contributed by atoms with Gasteiger partial charge in [0.25, 0.3) is 0 Å². The van der Waals surface area contributed by atoms with Crippen LogP contribution in [0.25, 0.3) is 0 Å². The highest BCUT2D eigenvalue weighted by Gasteiger charge is 2.20. The average molecular weight is 326 g/mol. The summed E-state index contributed by atoms with van der Waals surface area (Å²) in [6.45, 7) is 11.8. The molecule has 3 N–H and O–H groups in total. The molecule has 23 heavy (non-hydrogen) atoms. The number of urea groups is 1. The number of ether oxygens (including phenoxy) is 1. The SMILES string of the molecule is CC(C)(C)OC(=O)NCCNC(=O)Nc1cc(C(C)(C)C)on1. The molecular formula is C15H26N4O4. The maximum absolute atomic E-state index is 11.7. The predicted molar refractivity (Wildman–Crippen MR) is 86.5 cm³/mol. The molecule has 0 bridgehead atoms. The summed E-state index contributed by atoms with van der Waals surface area (Å²) in [5, 5.41) is 11.5. The Labute approximate surface area is 136 Å². The zero-order valence-electron chi connectivity index (χ0n) is 14.6. The third kappa shape index (κ3) is 7.53. The lowest BCUT2D eigenvalue weighted by atomic mass is 9.93. The number of nitrogens with zero attached hydrogens (tertiary/aromatic N) is 1. The van der Waals surface area contributed by atoms with Crippen molar-refractivity contribution >= 4 is 17.9 Å². The van der Waals surface area contributed by atoms with Gasteiger partial charge in [0.1, 0.15) is 11.4 Å². The van der Waals surface area contributed by atoms with E-state index in [0.29, 0.717) is 11.6 Å².